The fourth-order valence-corrected chi connectivity index (χ4v) is 5.15. The predicted molar refractivity (Wildman–Crippen MR) is 152 cm³/mol. The third kappa shape index (κ3) is 6.58. The van der Waals surface area contributed by atoms with Crippen molar-refractivity contribution in [3.8, 4) is 17.1 Å². The lowest BCUT2D eigenvalue weighted by Gasteiger charge is -2.19. The maximum atomic E-state index is 11.4. The van der Waals surface area contributed by atoms with E-state index in [1.54, 1.807) is 0 Å². The molecule has 1 aromatic heterocycles. The van der Waals surface area contributed by atoms with Crippen molar-refractivity contribution in [2.45, 2.75) is 73.1 Å². The van der Waals surface area contributed by atoms with E-state index in [0.717, 1.165) is 70.3 Å². The van der Waals surface area contributed by atoms with Gasteiger partial charge in [0.15, 0.2) is 5.82 Å². The summed E-state index contributed by atoms with van der Waals surface area (Å²) in [6.07, 6.45) is 0.966. The van der Waals surface area contributed by atoms with E-state index in [0.29, 0.717) is 25.6 Å². The van der Waals surface area contributed by atoms with Gasteiger partial charge >= 0.3 is 0 Å². The highest BCUT2D eigenvalue weighted by Crippen LogP contribution is 2.28. The van der Waals surface area contributed by atoms with E-state index in [1.807, 2.05) is 6.92 Å². The number of nitrogens with one attached hydrogen (secondary N) is 1. The summed E-state index contributed by atoms with van der Waals surface area (Å²) in [4.78, 5) is 23.5. The second-order valence-electron chi connectivity index (χ2n) is 10.9. The van der Waals surface area contributed by atoms with Crippen LogP contribution in [-0.2, 0) is 17.9 Å². The normalized spacial score (nSPS) is 15.8. The van der Waals surface area contributed by atoms with E-state index in [4.69, 9.17) is 20.4 Å². The van der Waals surface area contributed by atoms with Crippen LogP contribution in [-0.4, -0.2) is 46.5 Å². The first-order valence-electron chi connectivity index (χ1n) is 13.5. The fraction of sp³-hybridized carbons (Fsp3) is 0.452. The van der Waals surface area contributed by atoms with Crippen LogP contribution in [0.3, 0.4) is 0 Å². The minimum absolute atomic E-state index is 0.270. The van der Waals surface area contributed by atoms with Gasteiger partial charge in [-0.05, 0) is 68.4 Å². The van der Waals surface area contributed by atoms with Gasteiger partial charge in [0.05, 0.1) is 12.2 Å². The van der Waals surface area contributed by atoms with Crippen LogP contribution in [0.5, 0.6) is 5.75 Å². The number of aryl methyl sites for hydroxylation is 4. The van der Waals surface area contributed by atoms with E-state index >= 15 is 0 Å². The molecule has 0 aliphatic carbocycles. The molecule has 2 heterocycles. The first kappa shape index (κ1) is 27.7. The molecule has 4 rings (SSSR count). The topological polar surface area (TPSA) is 93.4 Å². The molecule has 2 aromatic carbocycles. The zero-order chi connectivity index (χ0) is 27.4. The minimum Gasteiger partial charge on any atom is -0.488 e. The molecule has 1 amide bonds. The molecule has 0 saturated carbocycles. The number of carbonyl (C=O) groups excluding carboxylic acids is 1. The zero-order valence-electron chi connectivity index (χ0n) is 23.6. The van der Waals surface area contributed by atoms with E-state index < -0.39 is 0 Å². The monoisotopic (exact) mass is 515 g/mol. The van der Waals surface area contributed by atoms with Gasteiger partial charge in [0, 0.05) is 42.5 Å². The summed E-state index contributed by atoms with van der Waals surface area (Å²) in [5, 5.41) is 3.67. The second-order valence-corrected chi connectivity index (χ2v) is 10.9. The Morgan fingerprint density at radius 1 is 1.11 bits per heavy atom. The third-order valence-electron chi connectivity index (χ3n) is 7.47. The van der Waals surface area contributed by atoms with Crippen molar-refractivity contribution in [1.29, 1.82) is 0 Å². The quantitative estimate of drug-likeness (QED) is 0.406. The molecule has 1 fully saturated rings. The highest BCUT2D eigenvalue weighted by Gasteiger charge is 2.24. The van der Waals surface area contributed by atoms with Crippen LogP contribution in [0, 0.1) is 27.7 Å². The average Bonchev–Trinajstić information content (AvgIpc) is 3.29. The Balaban J connectivity index is 1.62. The van der Waals surface area contributed by atoms with Gasteiger partial charge in [0.1, 0.15) is 12.4 Å². The van der Waals surface area contributed by atoms with E-state index in [1.165, 1.54) is 5.56 Å². The highest BCUT2D eigenvalue weighted by atomic mass is 16.5. The fourth-order valence-electron chi connectivity index (χ4n) is 5.15. The van der Waals surface area contributed by atoms with E-state index in [9.17, 15) is 4.79 Å². The van der Waals surface area contributed by atoms with Gasteiger partial charge in [-0.1, -0.05) is 44.2 Å². The molecule has 1 atom stereocenters. The Labute approximate surface area is 226 Å². The lowest BCUT2D eigenvalue weighted by atomic mass is 10.0. The summed E-state index contributed by atoms with van der Waals surface area (Å²) in [7, 11) is 0. The number of carbonyl (C=O) groups is 1. The number of hydrogen-bond donors (Lipinski definition) is 2. The molecule has 7 heteroatoms. The smallest absolute Gasteiger partial charge is 0.231 e. The molecular weight excluding hydrogens is 474 g/mol. The molecule has 38 heavy (non-hydrogen) atoms. The first-order valence-corrected chi connectivity index (χ1v) is 13.5. The lowest BCUT2D eigenvalue weighted by molar-refractivity contribution is -0.118. The minimum atomic E-state index is -0.286. The molecule has 202 valence electrons. The predicted octanol–water partition coefficient (Wildman–Crippen LogP) is 4.73. The third-order valence-corrected chi connectivity index (χ3v) is 7.47. The summed E-state index contributed by atoms with van der Waals surface area (Å²) in [6, 6.07) is 13.0. The van der Waals surface area contributed by atoms with E-state index in [-0.39, 0.29) is 11.9 Å². The first-order chi connectivity index (χ1) is 18.1. The summed E-state index contributed by atoms with van der Waals surface area (Å²) in [5.74, 6) is 1.79. The van der Waals surface area contributed by atoms with Gasteiger partial charge in [-0.15, -0.1) is 0 Å². The molecule has 0 radical (unpaired) electrons. The largest absolute Gasteiger partial charge is 0.488 e. The molecule has 0 bridgehead atoms. The maximum Gasteiger partial charge on any atom is 0.231 e. The van der Waals surface area contributed by atoms with Gasteiger partial charge in [-0.2, -0.15) is 0 Å². The molecule has 3 N–H and O–H groups in total. The van der Waals surface area contributed by atoms with Crippen molar-refractivity contribution in [2.24, 2.45) is 5.73 Å². The number of nitrogens with zero attached hydrogens (tertiary/aromatic N) is 3. The molecule has 3 aromatic rings. The summed E-state index contributed by atoms with van der Waals surface area (Å²) < 4.78 is 6.39. The van der Waals surface area contributed by atoms with Crippen molar-refractivity contribution in [1.82, 2.24) is 20.2 Å². The lowest BCUT2D eigenvalue weighted by Crippen LogP contribution is -2.36. The Kier molecular flexibility index (Phi) is 8.80. The standard InChI is InChI=1S/C31H41N5O2/c1-19(2)24-11-10-20(3)28(14-24)38-18-26-23(6)34-31(30-21(4)8-7-9-22(30)5)35-27(26)15-33-25-12-13-36(16-25)17-29(32)37/h7-11,14,19,25,33H,12-13,15-18H2,1-6H3,(H2,32,37)/t25-/m1/s1. The SMILES string of the molecule is Cc1ccc(C(C)C)cc1OCc1c(C)nc(-c2c(C)cccc2C)nc1CN[C@@H]1CCN(CC(N)=O)C1. The average molecular weight is 516 g/mol. The Morgan fingerprint density at radius 3 is 2.53 bits per heavy atom. The second kappa shape index (κ2) is 12.0. The number of nitrogens with two attached hydrogens (primary N) is 1. The number of rotatable bonds is 10. The summed E-state index contributed by atoms with van der Waals surface area (Å²) >= 11 is 0. The number of primary amides is 1. The number of likely N-dealkylation sites (tertiary alicyclic amines) is 1. The van der Waals surface area contributed by atoms with Crippen LogP contribution in [0.25, 0.3) is 11.4 Å². The number of benzene rings is 2. The van der Waals surface area contributed by atoms with Crippen molar-refractivity contribution in [3.63, 3.8) is 0 Å². The summed E-state index contributed by atoms with van der Waals surface area (Å²) in [6.45, 7) is 15.7. The molecular formula is C31H41N5O2. The van der Waals surface area contributed by atoms with Crippen molar-refractivity contribution >= 4 is 5.91 Å². The molecule has 0 spiro atoms. The summed E-state index contributed by atoms with van der Waals surface area (Å²) in [5.41, 5.74) is 14.0. The van der Waals surface area contributed by atoms with Crippen molar-refractivity contribution < 1.29 is 9.53 Å². The molecule has 7 nitrogen and oxygen atoms in total. The van der Waals surface area contributed by atoms with Gasteiger partial charge in [0.2, 0.25) is 5.91 Å². The Hall–Kier alpha value is -3.29. The number of ether oxygens (including phenoxy) is 1. The number of amides is 1. The highest BCUT2D eigenvalue weighted by molar-refractivity contribution is 5.76. The van der Waals surface area contributed by atoms with Crippen LogP contribution in [0.1, 0.15) is 65.4 Å². The van der Waals surface area contributed by atoms with Crippen LogP contribution in [0.15, 0.2) is 36.4 Å². The Morgan fingerprint density at radius 2 is 1.84 bits per heavy atom. The van der Waals surface area contributed by atoms with Crippen LogP contribution < -0.4 is 15.8 Å². The molecule has 1 aliphatic heterocycles. The van der Waals surface area contributed by atoms with Gasteiger partial charge in [0.25, 0.3) is 0 Å². The van der Waals surface area contributed by atoms with Crippen LogP contribution in [0.2, 0.25) is 0 Å². The van der Waals surface area contributed by atoms with Crippen LogP contribution in [0.4, 0.5) is 0 Å². The Bertz CT molecular complexity index is 1280. The van der Waals surface area contributed by atoms with Crippen molar-refractivity contribution in [3.05, 3.63) is 75.6 Å². The number of aromatic nitrogens is 2. The molecule has 0 unspecified atom stereocenters. The maximum absolute atomic E-state index is 11.4. The van der Waals surface area contributed by atoms with E-state index in [2.05, 4.69) is 81.2 Å². The number of hydrogen-bond acceptors (Lipinski definition) is 6. The molecule has 1 saturated heterocycles. The van der Waals surface area contributed by atoms with Gasteiger partial charge in [-0.3, -0.25) is 9.69 Å². The molecule has 1 aliphatic rings. The zero-order valence-corrected chi connectivity index (χ0v) is 23.6. The van der Waals surface area contributed by atoms with Gasteiger partial charge in [-0.25, -0.2) is 9.97 Å². The van der Waals surface area contributed by atoms with Crippen molar-refractivity contribution in [2.75, 3.05) is 19.6 Å². The van der Waals surface area contributed by atoms with Gasteiger partial charge < -0.3 is 15.8 Å². The van der Waals surface area contributed by atoms with Crippen LogP contribution >= 0.6 is 0 Å².